The topological polar surface area (TPSA) is 41.1 Å². The standard InChI is InChI=1S/C17H30N4/c1-5-8-15-19-16(18-6-2)14(4)17(20-15)21-11-7-9-13(3)10-12-21/h13H,5-12H2,1-4H3,(H,18,19,20). The molecule has 0 bridgehead atoms. The van der Waals surface area contributed by atoms with E-state index in [2.05, 4.69) is 37.9 Å². The quantitative estimate of drug-likeness (QED) is 0.895. The van der Waals surface area contributed by atoms with Gasteiger partial charge >= 0.3 is 0 Å². The van der Waals surface area contributed by atoms with Crippen LogP contribution in [0.5, 0.6) is 0 Å². The Bertz CT molecular complexity index is 458. The van der Waals surface area contributed by atoms with Crippen LogP contribution >= 0.6 is 0 Å². The summed E-state index contributed by atoms with van der Waals surface area (Å²) >= 11 is 0. The van der Waals surface area contributed by atoms with Gasteiger partial charge in [0.05, 0.1) is 0 Å². The number of aromatic nitrogens is 2. The number of anilines is 2. The predicted molar refractivity (Wildman–Crippen MR) is 90.2 cm³/mol. The van der Waals surface area contributed by atoms with Crippen LogP contribution in [0.1, 0.15) is 57.8 Å². The molecule has 0 spiro atoms. The van der Waals surface area contributed by atoms with Crippen molar-refractivity contribution < 1.29 is 0 Å². The molecule has 1 aromatic rings. The second-order valence-electron chi connectivity index (χ2n) is 6.24. The molecule has 1 unspecified atom stereocenters. The maximum absolute atomic E-state index is 4.87. The van der Waals surface area contributed by atoms with Gasteiger partial charge < -0.3 is 10.2 Å². The van der Waals surface area contributed by atoms with Gasteiger partial charge in [-0.05, 0) is 45.4 Å². The minimum Gasteiger partial charge on any atom is -0.370 e. The maximum atomic E-state index is 4.87. The number of nitrogens with one attached hydrogen (secondary N) is 1. The van der Waals surface area contributed by atoms with Crippen LogP contribution in [0, 0.1) is 12.8 Å². The fourth-order valence-electron chi connectivity index (χ4n) is 3.01. The van der Waals surface area contributed by atoms with Gasteiger partial charge in [-0.25, -0.2) is 9.97 Å². The van der Waals surface area contributed by atoms with Crippen molar-refractivity contribution in [3.8, 4) is 0 Å². The van der Waals surface area contributed by atoms with Crippen molar-refractivity contribution in [1.82, 2.24) is 9.97 Å². The predicted octanol–water partition coefficient (Wildman–Crippen LogP) is 3.80. The number of aryl methyl sites for hydroxylation is 1. The van der Waals surface area contributed by atoms with E-state index < -0.39 is 0 Å². The Morgan fingerprint density at radius 1 is 1.19 bits per heavy atom. The van der Waals surface area contributed by atoms with Gasteiger partial charge in [0.1, 0.15) is 17.5 Å². The minimum atomic E-state index is 0.834. The Hall–Kier alpha value is -1.32. The Balaban J connectivity index is 2.31. The van der Waals surface area contributed by atoms with Crippen LogP contribution in [0.2, 0.25) is 0 Å². The monoisotopic (exact) mass is 290 g/mol. The van der Waals surface area contributed by atoms with Gasteiger partial charge in [0.15, 0.2) is 0 Å². The number of nitrogens with zero attached hydrogens (tertiary/aromatic N) is 3. The average Bonchev–Trinajstić information content (AvgIpc) is 2.67. The molecule has 1 aliphatic rings. The summed E-state index contributed by atoms with van der Waals surface area (Å²) < 4.78 is 0. The molecule has 2 rings (SSSR count). The van der Waals surface area contributed by atoms with Crippen molar-refractivity contribution >= 4 is 11.6 Å². The van der Waals surface area contributed by atoms with Crippen molar-refractivity contribution in [2.75, 3.05) is 29.9 Å². The molecule has 1 aromatic heterocycles. The summed E-state index contributed by atoms with van der Waals surface area (Å²) in [5.74, 6) is 3.98. The van der Waals surface area contributed by atoms with Gasteiger partial charge in [-0.1, -0.05) is 13.8 Å². The summed E-state index contributed by atoms with van der Waals surface area (Å²) in [7, 11) is 0. The summed E-state index contributed by atoms with van der Waals surface area (Å²) in [6.45, 7) is 12.0. The zero-order valence-electron chi connectivity index (χ0n) is 14.1. The lowest BCUT2D eigenvalue weighted by Crippen LogP contribution is -2.27. The summed E-state index contributed by atoms with van der Waals surface area (Å²) in [4.78, 5) is 12.0. The minimum absolute atomic E-state index is 0.834. The lowest BCUT2D eigenvalue weighted by atomic mass is 10.0. The van der Waals surface area contributed by atoms with Gasteiger partial charge in [-0.3, -0.25) is 0 Å². The molecule has 0 saturated carbocycles. The first-order valence-electron chi connectivity index (χ1n) is 8.52. The van der Waals surface area contributed by atoms with Gasteiger partial charge in [0.25, 0.3) is 0 Å². The van der Waals surface area contributed by atoms with Crippen LogP contribution in [0.15, 0.2) is 0 Å². The fraction of sp³-hybridized carbons (Fsp3) is 0.765. The third kappa shape index (κ3) is 4.08. The first-order valence-corrected chi connectivity index (χ1v) is 8.52. The Labute approximate surface area is 129 Å². The second kappa shape index (κ2) is 7.62. The van der Waals surface area contributed by atoms with Crippen molar-refractivity contribution in [3.63, 3.8) is 0 Å². The molecule has 21 heavy (non-hydrogen) atoms. The summed E-state index contributed by atoms with van der Waals surface area (Å²) in [5.41, 5.74) is 1.20. The van der Waals surface area contributed by atoms with Crippen molar-refractivity contribution in [2.24, 2.45) is 5.92 Å². The smallest absolute Gasteiger partial charge is 0.137 e. The van der Waals surface area contributed by atoms with Crippen LogP contribution in [-0.2, 0) is 6.42 Å². The SMILES string of the molecule is CCCc1nc(NCC)c(C)c(N2CCCC(C)CC2)n1. The van der Waals surface area contributed by atoms with Crippen LogP contribution < -0.4 is 10.2 Å². The van der Waals surface area contributed by atoms with E-state index in [4.69, 9.17) is 9.97 Å². The highest BCUT2D eigenvalue weighted by Crippen LogP contribution is 2.27. The molecule has 1 fully saturated rings. The Morgan fingerprint density at radius 3 is 2.71 bits per heavy atom. The Kier molecular flexibility index (Phi) is 5.83. The molecule has 2 heterocycles. The highest BCUT2D eigenvalue weighted by molar-refractivity contribution is 5.58. The first kappa shape index (κ1) is 16.1. The van der Waals surface area contributed by atoms with Crippen molar-refractivity contribution in [1.29, 1.82) is 0 Å². The largest absolute Gasteiger partial charge is 0.370 e. The van der Waals surface area contributed by atoms with E-state index >= 15 is 0 Å². The normalized spacial score (nSPS) is 19.4. The molecular formula is C17H30N4. The highest BCUT2D eigenvalue weighted by atomic mass is 15.2. The Morgan fingerprint density at radius 2 is 2.00 bits per heavy atom. The van der Waals surface area contributed by atoms with E-state index in [1.807, 2.05) is 0 Å². The van der Waals surface area contributed by atoms with E-state index in [1.54, 1.807) is 0 Å². The molecule has 0 aliphatic carbocycles. The molecule has 0 radical (unpaired) electrons. The molecule has 1 aliphatic heterocycles. The van der Waals surface area contributed by atoms with Crippen LogP contribution in [0.4, 0.5) is 11.6 Å². The van der Waals surface area contributed by atoms with Crippen LogP contribution in [-0.4, -0.2) is 29.6 Å². The summed E-state index contributed by atoms with van der Waals surface area (Å²) in [6, 6.07) is 0. The zero-order valence-corrected chi connectivity index (χ0v) is 14.1. The summed E-state index contributed by atoms with van der Waals surface area (Å²) in [5, 5.41) is 3.40. The van der Waals surface area contributed by atoms with E-state index in [0.29, 0.717) is 0 Å². The molecular weight excluding hydrogens is 260 g/mol. The molecule has 0 aromatic carbocycles. The van der Waals surface area contributed by atoms with E-state index in [1.165, 1.54) is 24.8 Å². The second-order valence-corrected chi connectivity index (χ2v) is 6.24. The zero-order chi connectivity index (χ0) is 15.2. The average molecular weight is 290 g/mol. The number of hydrogen-bond acceptors (Lipinski definition) is 4. The van der Waals surface area contributed by atoms with Gasteiger partial charge in [0, 0.05) is 31.6 Å². The molecule has 1 saturated heterocycles. The first-order chi connectivity index (χ1) is 10.2. The lowest BCUT2D eigenvalue weighted by Gasteiger charge is -2.25. The third-order valence-electron chi connectivity index (χ3n) is 4.30. The number of hydrogen-bond donors (Lipinski definition) is 1. The molecule has 1 atom stereocenters. The van der Waals surface area contributed by atoms with Crippen molar-refractivity contribution in [3.05, 3.63) is 11.4 Å². The van der Waals surface area contributed by atoms with E-state index in [-0.39, 0.29) is 0 Å². The molecule has 0 amide bonds. The van der Waals surface area contributed by atoms with Crippen LogP contribution in [0.25, 0.3) is 0 Å². The highest BCUT2D eigenvalue weighted by Gasteiger charge is 2.19. The van der Waals surface area contributed by atoms with Crippen LogP contribution in [0.3, 0.4) is 0 Å². The molecule has 4 nitrogen and oxygen atoms in total. The van der Waals surface area contributed by atoms with E-state index in [0.717, 1.165) is 55.9 Å². The third-order valence-corrected chi connectivity index (χ3v) is 4.30. The van der Waals surface area contributed by atoms with Crippen molar-refractivity contribution in [2.45, 2.75) is 59.8 Å². The van der Waals surface area contributed by atoms with E-state index in [9.17, 15) is 0 Å². The summed E-state index contributed by atoms with van der Waals surface area (Å²) in [6.07, 6.45) is 5.91. The van der Waals surface area contributed by atoms with Gasteiger partial charge in [-0.15, -0.1) is 0 Å². The van der Waals surface area contributed by atoms with Gasteiger partial charge in [-0.2, -0.15) is 0 Å². The van der Waals surface area contributed by atoms with Gasteiger partial charge in [0.2, 0.25) is 0 Å². The lowest BCUT2D eigenvalue weighted by molar-refractivity contribution is 0.521. The maximum Gasteiger partial charge on any atom is 0.137 e. The molecule has 118 valence electrons. The number of rotatable bonds is 5. The fourth-order valence-corrected chi connectivity index (χ4v) is 3.01. The molecule has 4 heteroatoms. The molecule has 1 N–H and O–H groups in total.